The van der Waals surface area contributed by atoms with Crippen LogP contribution < -0.4 is 5.32 Å². The number of amides is 1. The summed E-state index contributed by atoms with van der Waals surface area (Å²) in [5.41, 5.74) is 0. The highest BCUT2D eigenvalue weighted by Gasteiger charge is 2.26. The Labute approximate surface area is 153 Å². The number of nitrogens with one attached hydrogen (secondary N) is 1. The number of hydrogen-bond acceptors (Lipinski definition) is 6. The molecule has 1 aliphatic rings. The number of aromatic nitrogens is 1. The first-order chi connectivity index (χ1) is 11.9. The van der Waals surface area contributed by atoms with E-state index in [2.05, 4.69) is 17.2 Å². The van der Waals surface area contributed by atoms with Crippen molar-refractivity contribution in [1.29, 1.82) is 0 Å². The summed E-state index contributed by atoms with van der Waals surface area (Å²) >= 11 is 1.29. The predicted molar refractivity (Wildman–Crippen MR) is 97.1 cm³/mol. The lowest BCUT2D eigenvalue weighted by Crippen LogP contribution is -2.40. The Bertz CT molecular complexity index is 658. The van der Waals surface area contributed by atoms with E-state index >= 15 is 0 Å². The molecule has 0 aliphatic carbocycles. The topological polar surface area (TPSA) is 88.6 Å². The van der Waals surface area contributed by atoms with Crippen molar-refractivity contribution in [2.75, 3.05) is 32.1 Å². The maximum atomic E-state index is 12.5. The Hall–Kier alpha value is -1.16. The van der Waals surface area contributed by atoms with Crippen molar-refractivity contribution in [1.82, 2.24) is 14.6 Å². The fourth-order valence-electron chi connectivity index (χ4n) is 2.50. The first-order valence-electron chi connectivity index (χ1n) is 8.39. The van der Waals surface area contributed by atoms with Gasteiger partial charge in [0.15, 0.2) is 0 Å². The molecule has 1 aromatic rings. The van der Waals surface area contributed by atoms with Gasteiger partial charge < -0.3 is 10.1 Å². The Kier molecular flexibility index (Phi) is 7.67. The van der Waals surface area contributed by atoms with Gasteiger partial charge in [-0.3, -0.25) is 4.79 Å². The van der Waals surface area contributed by atoms with Gasteiger partial charge in [0, 0.05) is 25.3 Å². The maximum Gasteiger partial charge on any atom is 0.244 e. The number of sulfonamides is 1. The summed E-state index contributed by atoms with van der Waals surface area (Å²) in [6.07, 6.45) is 3.32. The van der Waals surface area contributed by atoms with Crippen LogP contribution in [0.1, 0.15) is 26.7 Å². The van der Waals surface area contributed by atoms with Crippen molar-refractivity contribution in [3.05, 3.63) is 18.3 Å². The van der Waals surface area contributed by atoms with Crippen LogP contribution in [-0.4, -0.2) is 61.7 Å². The molecule has 140 valence electrons. The van der Waals surface area contributed by atoms with Crippen molar-refractivity contribution in [2.45, 2.75) is 42.7 Å². The van der Waals surface area contributed by atoms with Gasteiger partial charge in [-0.1, -0.05) is 25.1 Å². The summed E-state index contributed by atoms with van der Waals surface area (Å²) in [7, 11) is -3.53. The summed E-state index contributed by atoms with van der Waals surface area (Å²) in [5, 5.41) is 3.55. The first kappa shape index (κ1) is 20.2. The minimum Gasteiger partial charge on any atom is -0.379 e. The van der Waals surface area contributed by atoms with Crippen LogP contribution in [0.15, 0.2) is 28.3 Å². The second-order valence-corrected chi connectivity index (χ2v) is 8.83. The zero-order valence-electron chi connectivity index (χ0n) is 14.6. The molecule has 1 saturated heterocycles. The van der Waals surface area contributed by atoms with Crippen molar-refractivity contribution in [2.24, 2.45) is 0 Å². The molecule has 0 unspecified atom stereocenters. The fraction of sp³-hybridized carbons (Fsp3) is 0.625. The van der Waals surface area contributed by atoms with E-state index < -0.39 is 10.0 Å². The molecule has 1 aromatic heterocycles. The Morgan fingerprint density at radius 1 is 1.40 bits per heavy atom. The van der Waals surface area contributed by atoms with Gasteiger partial charge >= 0.3 is 0 Å². The zero-order valence-corrected chi connectivity index (χ0v) is 16.2. The molecule has 1 N–H and O–H groups in total. The number of pyridine rings is 1. The van der Waals surface area contributed by atoms with Gasteiger partial charge in [0.1, 0.15) is 4.90 Å². The molecule has 25 heavy (non-hydrogen) atoms. The third-order valence-electron chi connectivity index (χ3n) is 3.80. The Morgan fingerprint density at radius 3 is 2.72 bits per heavy atom. The molecule has 1 fully saturated rings. The highest BCUT2D eigenvalue weighted by Crippen LogP contribution is 2.20. The Balaban J connectivity index is 1.90. The molecule has 2 rings (SSSR count). The summed E-state index contributed by atoms with van der Waals surface area (Å²) in [4.78, 5) is 16.2. The quantitative estimate of drug-likeness (QED) is 0.680. The van der Waals surface area contributed by atoms with Crippen molar-refractivity contribution in [3.63, 3.8) is 0 Å². The summed E-state index contributed by atoms with van der Waals surface area (Å²) in [6.45, 7) is 5.59. The number of nitrogens with zero attached hydrogens (tertiary/aromatic N) is 2. The predicted octanol–water partition coefficient (Wildman–Crippen LogP) is 1.50. The van der Waals surface area contributed by atoms with E-state index in [1.165, 1.54) is 28.3 Å². The molecule has 0 saturated carbocycles. The van der Waals surface area contributed by atoms with Gasteiger partial charge in [0.05, 0.1) is 24.0 Å². The molecule has 9 heteroatoms. The minimum absolute atomic E-state index is 0.0437. The normalized spacial score (nSPS) is 17.2. The monoisotopic (exact) mass is 387 g/mol. The third-order valence-corrected chi connectivity index (χ3v) is 6.62. The molecule has 1 atom stereocenters. The first-order valence-corrected chi connectivity index (χ1v) is 10.8. The molecule has 1 amide bonds. The van der Waals surface area contributed by atoms with Crippen LogP contribution in [0, 0.1) is 0 Å². The van der Waals surface area contributed by atoms with Crippen molar-refractivity contribution < 1.29 is 17.9 Å². The molecule has 2 heterocycles. The molecule has 0 radical (unpaired) electrons. The SMILES string of the molecule is CCC[C@@H](C)NC(=O)CSc1ccc(S(=O)(=O)N2CCOCC2)cn1. The zero-order chi connectivity index (χ0) is 18.3. The summed E-state index contributed by atoms with van der Waals surface area (Å²) in [5.74, 6) is 0.217. The van der Waals surface area contributed by atoms with Crippen LogP contribution in [0.5, 0.6) is 0 Å². The van der Waals surface area contributed by atoms with Gasteiger partial charge in [0.2, 0.25) is 15.9 Å². The van der Waals surface area contributed by atoms with Crippen molar-refractivity contribution in [3.8, 4) is 0 Å². The largest absolute Gasteiger partial charge is 0.379 e. The number of carbonyl (C=O) groups is 1. The van der Waals surface area contributed by atoms with E-state index in [4.69, 9.17) is 4.74 Å². The van der Waals surface area contributed by atoms with Gasteiger partial charge in [-0.15, -0.1) is 0 Å². The third kappa shape index (κ3) is 5.95. The number of morpholine rings is 1. The Morgan fingerprint density at radius 2 is 2.12 bits per heavy atom. The van der Waals surface area contributed by atoms with Crippen LogP contribution in [0.4, 0.5) is 0 Å². The molecule has 0 spiro atoms. The highest BCUT2D eigenvalue weighted by atomic mass is 32.2. The molecular formula is C16H25N3O4S2. The van der Waals surface area contributed by atoms with Crippen LogP contribution in [-0.2, 0) is 19.6 Å². The molecular weight excluding hydrogens is 362 g/mol. The number of hydrogen-bond donors (Lipinski definition) is 1. The molecule has 0 aromatic carbocycles. The lowest BCUT2D eigenvalue weighted by Gasteiger charge is -2.25. The summed E-state index contributed by atoms with van der Waals surface area (Å²) in [6, 6.07) is 3.34. The van der Waals surface area contributed by atoms with Gasteiger partial charge in [-0.25, -0.2) is 13.4 Å². The second-order valence-electron chi connectivity index (χ2n) is 5.89. The number of ether oxygens (including phenoxy) is 1. The standard InChI is InChI=1S/C16H25N3O4S2/c1-3-4-13(2)18-15(20)12-24-16-6-5-14(11-17-16)25(21,22)19-7-9-23-10-8-19/h5-6,11,13H,3-4,7-10,12H2,1-2H3,(H,18,20)/t13-/m1/s1. The van der Waals surface area contributed by atoms with E-state index in [-0.39, 0.29) is 22.6 Å². The number of thioether (sulfide) groups is 1. The average Bonchev–Trinajstić information content (AvgIpc) is 2.61. The van der Waals surface area contributed by atoms with E-state index in [9.17, 15) is 13.2 Å². The van der Waals surface area contributed by atoms with Gasteiger partial charge in [-0.2, -0.15) is 4.31 Å². The van der Waals surface area contributed by atoms with Gasteiger partial charge in [0.25, 0.3) is 0 Å². The minimum atomic E-state index is -3.53. The lowest BCUT2D eigenvalue weighted by atomic mass is 10.2. The lowest BCUT2D eigenvalue weighted by molar-refractivity contribution is -0.119. The smallest absolute Gasteiger partial charge is 0.244 e. The fourth-order valence-corrected chi connectivity index (χ4v) is 4.51. The van der Waals surface area contributed by atoms with Crippen LogP contribution in [0.3, 0.4) is 0 Å². The van der Waals surface area contributed by atoms with Gasteiger partial charge in [-0.05, 0) is 25.5 Å². The van der Waals surface area contributed by atoms with Crippen molar-refractivity contribution >= 4 is 27.7 Å². The van der Waals surface area contributed by atoms with E-state index in [1.54, 1.807) is 6.07 Å². The molecule has 7 nitrogen and oxygen atoms in total. The average molecular weight is 388 g/mol. The summed E-state index contributed by atoms with van der Waals surface area (Å²) < 4.78 is 31.6. The van der Waals surface area contributed by atoms with E-state index in [0.717, 1.165) is 12.8 Å². The van der Waals surface area contributed by atoms with Crippen LogP contribution >= 0.6 is 11.8 Å². The van der Waals surface area contributed by atoms with E-state index in [0.29, 0.717) is 31.3 Å². The van der Waals surface area contributed by atoms with E-state index in [1.807, 2.05) is 6.92 Å². The number of carbonyl (C=O) groups excluding carboxylic acids is 1. The molecule has 1 aliphatic heterocycles. The molecule has 0 bridgehead atoms. The maximum absolute atomic E-state index is 12.5. The highest BCUT2D eigenvalue weighted by molar-refractivity contribution is 7.99. The van der Waals surface area contributed by atoms with Crippen LogP contribution in [0.2, 0.25) is 0 Å². The number of rotatable bonds is 8. The van der Waals surface area contributed by atoms with Crippen LogP contribution in [0.25, 0.3) is 0 Å². The second kappa shape index (κ2) is 9.51.